The van der Waals surface area contributed by atoms with Crippen LogP contribution in [0.15, 0.2) is 12.4 Å². The van der Waals surface area contributed by atoms with Crippen LogP contribution in [0, 0.1) is 0 Å². The number of piperidine rings is 1. The molecule has 1 aromatic heterocycles. The molecule has 1 aliphatic heterocycles. The van der Waals surface area contributed by atoms with E-state index >= 15 is 0 Å². The van der Waals surface area contributed by atoms with Crippen molar-refractivity contribution in [2.75, 3.05) is 11.4 Å². The lowest BCUT2D eigenvalue weighted by Crippen LogP contribution is -2.45. The van der Waals surface area contributed by atoms with Crippen molar-refractivity contribution in [1.82, 2.24) is 9.55 Å². The van der Waals surface area contributed by atoms with Crippen LogP contribution in [0.2, 0.25) is 0 Å². The molecule has 0 spiro atoms. The van der Waals surface area contributed by atoms with Crippen LogP contribution >= 0.6 is 0 Å². The van der Waals surface area contributed by atoms with Gasteiger partial charge in [0, 0.05) is 26.0 Å². The highest BCUT2D eigenvalue weighted by atomic mass is 16.1. The van der Waals surface area contributed by atoms with Crippen molar-refractivity contribution in [2.45, 2.75) is 32.2 Å². The zero-order valence-corrected chi connectivity index (χ0v) is 9.31. The molecule has 0 N–H and O–H groups in total. The van der Waals surface area contributed by atoms with E-state index in [4.69, 9.17) is 0 Å². The van der Waals surface area contributed by atoms with Gasteiger partial charge in [-0.25, -0.2) is 4.98 Å². The maximum absolute atomic E-state index is 11.5. The van der Waals surface area contributed by atoms with Gasteiger partial charge in [0.15, 0.2) is 5.78 Å². The normalized spacial score (nSPS) is 21.7. The van der Waals surface area contributed by atoms with Crippen molar-refractivity contribution < 1.29 is 4.79 Å². The molecule has 1 unspecified atom stereocenters. The van der Waals surface area contributed by atoms with Crippen LogP contribution in [0.25, 0.3) is 0 Å². The molecule has 2 rings (SSSR count). The molecule has 0 bridgehead atoms. The molecule has 15 heavy (non-hydrogen) atoms. The molecule has 1 saturated heterocycles. The Labute approximate surface area is 89.9 Å². The predicted molar refractivity (Wildman–Crippen MR) is 58.9 cm³/mol. The van der Waals surface area contributed by atoms with E-state index < -0.39 is 0 Å². The number of carbonyl (C=O) groups is 1. The smallest absolute Gasteiger partial charge is 0.205 e. The van der Waals surface area contributed by atoms with E-state index in [-0.39, 0.29) is 11.8 Å². The van der Waals surface area contributed by atoms with Crippen LogP contribution in [0.5, 0.6) is 0 Å². The number of aryl methyl sites for hydroxylation is 1. The quantitative estimate of drug-likeness (QED) is 0.735. The van der Waals surface area contributed by atoms with E-state index in [2.05, 4.69) is 9.88 Å². The Bertz CT molecular complexity index is 358. The van der Waals surface area contributed by atoms with Gasteiger partial charge in [-0.1, -0.05) is 0 Å². The number of Topliss-reactive ketones (excluding diaryl/α,β-unsaturated/α-hetero) is 1. The number of nitrogens with zero attached hydrogens (tertiary/aromatic N) is 3. The molecule has 2 heterocycles. The number of imidazole rings is 1. The third-order valence-electron chi connectivity index (χ3n) is 3.02. The van der Waals surface area contributed by atoms with Crippen LogP contribution in [0.1, 0.15) is 26.2 Å². The van der Waals surface area contributed by atoms with Gasteiger partial charge in [-0.15, -0.1) is 0 Å². The molecule has 4 nitrogen and oxygen atoms in total. The zero-order valence-electron chi connectivity index (χ0n) is 9.31. The second-order valence-electron chi connectivity index (χ2n) is 4.15. The Balaban J connectivity index is 2.25. The molecule has 1 atom stereocenters. The number of hydrogen-bond donors (Lipinski definition) is 0. The van der Waals surface area contributed by atoms with E-state index in [0.717, 1.165) is 31.8 Å². The lowest BCUT2D eigenvalue weighted by atomic mass is 10.00. The summed E-state index contributed by atoms with van der Waals surface area (Å²) in [7, 11) is 1.97. The molecule has 0 radical (unpaired) electrons. The lowest BCUT2D eigenvalue weighted by molar-refractivity contribution is -0.118. The van der Waals surface area contributed by atoms with Gasteiger partial charge in [-0.2, -0.15) is 0 Å². The molecule has 1 aliphatic rings. The number of ketones is 1. The first-order valence-corrected chi connectivity index (χ1v) is 5.44. The van der Waals surface area contributed by atoms with Gasteiger partial charge in [0.2, 0.25) is 5.95 Å². The maximum atomic E-state index is 11.5. The Morgan fingerprint density at radius 1 is 1.53 bits per heavy atom. The van der Waals surface area contributed by atoms with E-state index in [1.165, 1.54) is 0 Å². The fourth-order valence-electron chi connectivity index (χ4n) is 2.23. The van der Waals surface area contributed by atoms with Gasteiger partial charge in [0.1, 0.15) is 0 Å². The van der Waals surface area contributed by atoms with Gasteiger partial charge in [0.25, 0.3) is 0 Å². The number of anilines is 1. The van der Waals surface area contributed by atoms with Crippen molar-refractivity contribution in [3.05, 3.63) is 12.4 Å². The molecule has 82 valence electrons. The van der Waals surface area contributed by atoms with Crippen LogP contribution in [0.3, 0.4) is 0 Å². The maximum Gasteiger partial charge on any atom is 0.205 e. The summed E-state index contributed by atoms with van der Waals surface area (Å²) in [5.74, 6) is 1.16. The summed E-state index contributed by atoms with van der Waals surface area (Å²) in [6, 6.07) is 0.0276. The zero-order chi connectivity index (χ0) is 10.8. The summed E-state index contributed by atoms with van der Waals surface area (Å²) in [4.78, 5) is 18.0. The minimum absolute atomic E-state index is 0.0276. The molecule has 4 heteroatoms. The van der Waals surface area contributed by atoms with Gasteiger partial charge >= 0.3 is 0 Å². The fraction of sp³-hybridized carbons (Fsp3) is 0.636. The summed E-state index contributed by atoms with van der Waals surface area (Å²) < 4.78 is 1.97. The predicted octanol–water partition coefficient (Wildman–Crippen LogP) is 1.37. The second-order valence-corrected chi connectivity index (χ2v) is 4.15. The Hall–Kier alpha value is -1.32. The first kappa shape index (κ1) is 10.2. The summed E-state index contributed by atoms with van der Waals surface area (Å²) >= 11 is 0. The van der Waals surface area contributed by atoms with Gasteiger partial charge in [-0.3, -0.25) is 4.79 Å². The molecule has 0 saturated carbocycles. The highest BCUT2D eigenvalue weighted by molar-refractivity contribution is 5.84. The number of hydrogen-bond acceptors (Lipinski definition) is 3. The molecule has 0 amide bonds. The minimum Gasteiger partial charge on any atom is -0.332 e. The minimum atomic E-state index is 0.0276. The Kier molecular flexibility index (Phi) is 2.75. The molecule has 1 fully saturated rings. The number of rotatable bonds is 2. The SMILES string of the molecule is CC(=O)C1CCCCN1c1nccn1C. The van der Waals surface area contributed by atoms with E-state index in [9.17, 15) is 4.79 Å². The Morgan fingerprint density at radius 2 is 2.33 bits per heavy atom. The summed E-state index contributed by atoms with van der Waals surface area (Å²) in [6.45, 7) is 2.61. The van der Waals surface area contributed by atoms with Crippen LogP contribution in [0.4, 0.5) is 5.95 Å². The first-order chi connectivity index (χ1) is 7.20. The molecular weight excluding hydrogens is 190 g/mol. The van der Waals surface area contributed by atoms with Crippen LogP contribution in [-0.4, -0.2) is 27.9 Å². The van der Waals surface area contributed by atoms with E-state index in [0.29, 0.717) is 0 Å². The summed E-state index contributed by atoms with van der Waals surface area (Å²) in [5.41, 5.74) is 0. The monoisotopic (exact) mass is 207 g/mol. The van der Waals surface area contributed by atoms with Crippen LogP contribution in [-0.2, 0) is 11.8 Å². The van der Waals surface area contributed by atoms with Crippen molar-refractivity contribution in [3.63, 3.8) is 0 Å². The highest BCUT2D eigenvalue weighted by Gasteiger charge is 2.28. The average molecular weight is 207 g/mol. The van der Waals surface area contributed by atoms with E-state index in [1.54, 1.807) is 13.1 Å². The van der Waals surface area contributed by atoms with Crippen LogP contribution < -0.4 is 4.90 Å². The summed E-state index contributed by atoms with van der Waals surface area (Å²) in [6.07, 6.45) is 6.95. The first-order valence-electron chi connectivity index (χ1n) is 5.44. The van der Waals surface area contributed by atoms with Crippen molar-refractivity contribution in [1.29, 1.82) is 0 Å². The second kappa shape index (κ2) is 4.04. The topological polar surface area (TPSA) is 38.1 Å². The van der Waals surface area contributed by atoms with Crippen molar-refractivity contribution >= 4 is 11.7 Å². The molecular formula is C11H17N3O. The molecule has 1 aromatic rings. The van der Waals surface area contributed by atoms with Gasteiger partial charge in [-0.05, 0) is 26.2 Å². The average Bonchev–Trinajstić information content (AvgIpc) is 2.64. The number of carbonyl (C=O) groups excluding carboxylic acids is 1. The third-order valence-corrected chi connectivity index (χ3v) is 3.02. The molecule has 0 aromatic carbocycles. The third kappa shape index (κ3) is 1.89. The lowest BCUT2D eigenvalue weighted by Gasteiger charge is -2.34. The van der Waals surface area contributed by atoms with Crippen molar-refractivity contribution in [2.24, 2.45) is 7.05 Å². The van der Waals surface area contributed by atoms with E-state index in [1.807, 2.05) is 17.8 Å². The van der Waals surface area contributed by atoms with Gasteiger partial charge in [0.05, 0.1) is 6.04 Å². The Morgan fingerprint density at radius 3 is 2.93 bits per heavy atom. The largest absolute Gasteiger partial charge is 0.332 e. The number of aromatic nitrogens is 2. The summed E-state index contributed by atoms with van der Waals surface area (Å²) in [5, 5.41) is 0. The van der Waals surface area contributed by atoms with Gasteiger partial charge < -0.3 is 9.47 Å². The highest BCUT2D eigenvalue weighted by Crippen LogP contribution is 2.23. The standard InChI is InChI=1S/C11H17N3O/c1-9(15)10-5-3-4-7-14(10)11-12-6-8-13(11)2/h6,8,10H,3-5,7H2,1-2H3. The fourth-order valence-corrected chi connectivity index (χ4v) is 2.23. The molecule has 0 aliphatic carbocycles. The van der Waals surface area contributed by atoms with Crippen molar-refractivity contribution in [3.8, 4) is 0 Å².